The van der Waals surface area contributed by atoms with E-state index in [2.05, 4.69) is 10.6 Å². The van der Waals surface area contributed by atoms with Crippen LogP contribution in [0.2, 0.25) is 0 Å². The minimum Gasteiger partial charge on any atom is -0.490 e. The minimum atomic E-state index is -0.926. The van der Waals surface area contributed by atoms with Crippen LogP contribution in [0.5, 0.6) is 5.75 Å². The summed E-state index contributed by atoms with van der Waals surface area (Å²) in [4.78, 5) is 38.1. The van der Waals surface area contributed by atoms with Crippen LogP contribution in [0, 0.1) is 0 Å². The van der Waals surface area contributed by atoms with E-state index in [0.717, 1.165) is 5.56 Å². The molecule has 1 saturated heterocycles. The van der Waals surface area contributed by atoms with Crippen LogP contribution in [0.3, 0.4) is 0 Å². The maximum Gasteiger partial charge on any atom is 0.412 e. The molecule has 0 aromatic heterocycles. The summed E-state index contributed by atoms with van der Waals surface area (Å²) in [5.74, 6) is 0.258. The van der Waals surface area contributed by atoms with Gasteiger partial charge in [0.05, 0.1) is 11.4 Å². The second-order valence-electron chi connectivity index (χ2n) is 9.69. The molecule has 198 valence electrons. The van der Waals surface area contributed by atoms with Gasteiger partial charge in [-0.1, -0.05) is 42.5 Å². The number of benzene rings is 3. The van der Waals surface area contributed by atoms with Crippen molar-refractivity contribution in [2.24, 2.45) is 0 Å². The van der Waals surface area contributed by atoms with Crippen molar-refractivity contribution < 1.29 is 29.0 Å². The summed E-state index contributed by atoms with van der Waals surface area (Å²) < 4.78 is 11.4. The molecule has 3 amide bonds. The monoisotopic (exact) mass is 517 g/mol. The van der Waals surface area contributed by atoms with E-state index in [-0.39, 0.29) is 18.6 Å². The van der Waals surface area contributed by atoms with Crippen molar-refractivity contribution in [2.45, 2.75) is 44.9 Å². The van der Waals surface area contributed by atoms with Gasteiger partial charge in [-0.25, -0.2) is 9.59 Å². The van der Waals surface area contributed by atoms with Gasteiger partial charge in [0.25, 0.3) is 5.91 Å². The van der Waals surface area contributed by atoms with Crippen LogP contribution < -0.4 is 15.4 Å². The van der Waals surface area contributed by atoms with Gasteiger partial charge in [-0.2, -0.15) is 0 Å². The summed E-state index contributed by atoms with van der Waals surface area (Å²) in [5, 5.41) is 14.9. The largest absolute Gasteiger partial charge is 0.490 e. The molecule has 0 radical (unpaired) electrons. The number of nitrogens with one attached hydrogen (secondary N) is 2. The summed E-state index contributed by atoms with van der Waals surface area (Å²) in [6.07, 6.45) is -0.520. The molecule has 9 heteroatoms. The van der Waals surface area contributed by atoms with E-state index in [1.54, 1.807) is 48.5 Å². The number of para-hydroxylation sites is 2. The molecule has 0 aliphatic carbocycles. The Morgan fingerprint density at radius 2 is 1.55 bits per heavy atom. The topological polar surface area (TPSA) is 117 Å². The summed E-state index contributed by atoms with van der Waals surface area (Å²) >= 11 is 0. The number of ether oxygens (including phenoxy) is 2. The smallest absolute Gasteiger partial charge is 0.412 e. The van der Waals surface area contributed by atoms with Crippen molar-refractivity contribution in [3.63, 3.8) is 0 Å². The van der Waals surface area contributed by atoms with Gasteiger partial charge in [-0.15, -0.1) is 0 Å². The Morgan fingerprint density at radius 1 is 0.921 bits per heavy atom. The van der Waals surface area contributed by atoms with Crippen molar-refractivity contribution in [1.29, 1.82) is 0 Å². The highest BCUT2D eigenvalue weighted by molar-refractivity contribution is 6.06. The van der Waals surface area contributed by atoms with E-state index in [9.17, 15) is 19.5 Å². The van der Waals surface area contributed by atoms with E-state index < -0.39 is 17.7 Å². The predicted octanol–water partition coefficient (Wildman–Crippen LogP) is 5.99. The minimum absolute atomic E-state index is 0.125. The Balaban J connectivity index is 1.33. The average Bonchev–Trinajstić information content (AvgIpc) is 2.89. The second kappa shape index (κ2) is 11.7. The maximum absolute atomic E-state index is 12.9. The van der Waals surface area contributed by atoms with Crippen LogP contribution in [0.1, 0.15) is 42.6 Å². The summed E-state index contributed by atoms with van der Waals surface area (Å²) in [6, 6.07) is 23.0. The van der Waals surface area contributed by atoms with Crippen LogP contribution in [0.25, 0.3) is 0 Å². The lowest BCUT2D eigenvalue weighted by atomic mass is 9.89. The number of nitrogens with zero attached hydrogens (tertiary/aromatic N) is 1. The summed E-state index contributed by atoms with van der Waals surface area (Å²) in [5.41, 5.74) is 1.60. The van der Waals surface area contributed by atoms with E-state index >= 15 is 0 Å². The lowest BCUT2D eigenvalue weighted by molar-refractivity contribution is 0.0162. The SMILES string of the molecule is CC1(C)CC(Oc2ccc(C(=O)Nc3ccccc3NC(=O)OCc3ccccc3)cc2)CCN1C(=O)O. The fourth-order valence-electron chi connectivity index (χ4n) is 4.44. The summed E-state index contributed by atoms with van der Waals surface area (Å²) in [6.45, 7) is 4.31. The molecule has 0 saturated carbocycles. The molecule has 1 heterocycles. The lowest BCUT2D eigenvalue weighted by Crippen LogP contribution is -2.54. The van der Waals surface area contributed by atoms with E-state index in [4.69, 9.17) is 9.47 Å². The third-order valence-corrected chi connectivity index (χ3v) is 6.41. The number of carboxylic acid groups (broad SMARTS) is 1. The Bertz CT molecular complexity index is 1280. The molecule has 3 aromatic rings. The predicted molar refractivity (Wildman–Crippen MR) is 144 cm³/mol. The number of hydrogen-bond donors (Lipinski definition) is 3. The number of rotatable bonds is 7. The highest BCUT2D eigenvalue weighted by Crippen LogP contribution is 2.30. The normalized spacial score (nSPS) is 16.3. The van der Waals surface area contributed by atoms with Crippen LogP contribution >= 0.6 is 0 Å². The fourth-order valence-corrected chi connectivity index (χ4v) is 4.44. The van der Waals surface area contributed by atoms with Crippen LogP contribution in [-0.4, -0.2) is 46.3 Å². The molecule has 1 aliphatic rings. The number of piperidine rings is 1. The van der Waals surface area contributed by atoms with Gasteiger partial charge < -0.3 is 24.8 Å². The van der Waals surface area contributed by atoms with Gasteiger partial charge in [0.1, 0.15) is 18.5 Å². The maximum atomic E-state index is 12.9. The van der Waals surface area contributed by atoms with Gasteiger partial charge >= 0.3 is 12.2 Å². The third-order valence-electron chi connectivity index (χ3n) is 6.41. The van der Waals surface area contributed by atoms with Crippen LogP contribution in [0.4, 0.5) is 21.0 Å². The van der Waals surface area contributed by atoms with Crippen molar-refractivity contribution >= 4 is 29.5 Å². The number of likely N-dealkylation sites (tertiary alicyclic amines) is 1. The Morgan fingerprint density at radius 3 is 2.18 bits per heavy atom. The standard InChI is InChI=1S/C29H31N3O6/c1-29(2)18-23(16-17-32(29)28(35)36)38-22-14-12-21(13-15-22)26(33)30-24-10-6-7-11-25(24)31-27(34)37-19-20-8-4-3-5-9-20/h3-15,23H,16-19H2,1-2H3,(H,30,33)(H,31,34)(H,35,36). The molecule has 3 N–H and O–H groups in total. The third kappa shape index (κ3) is 6.82. The molecule has 1 atom stereocenters. The molecule has 3 aromatic carbocycles. The molecule has 1 unspecified atom stereocenters. The molecular weight excluding hydrogens is 486 g/mol. The molecule has 1 aliphatic heterocycles. The van der Waals surface area contributed by atoms with Crippen molar-refractivity contribution in [3.05, 3.63) is 90.0 Å². The fraction of sp³-hybridized carbons (Fsp3) is 0.276. The van der Waals surface area contributed by atoms with E-state index in [1.165, 1.54) is 4.90 Å². The van der Waals surface area contributed by atoms with Gasteiger partial charge in [-0.3, -0.25) is 10.1 Å². The van der Waals surface area contributed by atoms with E-state index in [0.29, 0.717) is 42.1 Å². The molecule has 1 fully saturated rings. The average molecular weight is 518 g/mol. The first-order valence-corrected chi connectivity index (χ1v) is 12.4. The van der Waals surface area contributed by atoms with E-state index in [1.807, 2.05) is 44.2 Å². The zero-order valence-corrected chi connectivity index (χ0v) is 21.3. The molecule has 38 heavy (non-hydrogen) atoms. The highest BCUT2D eigenvalue weighted by atomic mass is 16.5. The van der Waals surface area contributed by atoms with Crippen LogP contribution in [-0.2, 0) is 11.3 Å². The van der Waals surface area contributed by atoms with Crippen molar-refractivity contribution in [2.75, 3.05) is 17.2 Å². The number of hydrogen-bond acceptors (Lipinski definition) is 5. The molecule has 0 spiro atoms. The molecular formula is C29H31N3O6. The molecule has 0 bridgehead atoms. The highest BCUT2D eigenvalue weighted by Gasteiger charge is 2.38. The molecule has 9 nitrogen and oxygen atoms in total. The summed E-state index contributed by atoms with van der Waals surface area (Å²) in [7, 11) is 0. The van der Waals surface area contributed by atoms with Gasteiger partial charge in [0.15, 0.2) is 0 Å². The zero-order chi connectivity index (χ0) is 27.1. The lowest BCUT2D eigenvalue weighted by Gasteiger charge is -2.43. The first kappa shape index (κ1) is 26.5. The van der Waals surface area contributed by atoms with Crippen LogP contribution in [0.15, 0.2) is 78.9 Å². The zero-order valence-electron chi connectivity index (χ0n) is 21.3. The van der Waals surface area contributed by atoms with Crippen molar-refractivity contribution in [1.82, 2.24) is 4.90 Å². The first-order valence-electron chi connectivity index (χ1n) is 12.4. The molecule has 4 rings (SSSR count). The van der Waals surface area contributed by atoms with Gasteiger partial charge in [0, 0.05) is 30.5 Å². The Hall–Kier alpha value is -4.53. The van der Waals surface area contributed by atoms with Crippen molar-refractivity contribution in [3.8, 4) is 5.75 Å². The number of amides is 3. The van der Waals surface area contributed by atoms with Gasteiger partial charge in [0.2, 0.25) is 0 Å². The van der Waals surface area contributed by atoms with Gasteiger partial charge in [-0.05, 0) is 55.8 Å². The number of carbonyl (C=O) groups excluding carboxylic acids is 2. The Kier molecular flexibility index (Phi) is 8.15. The number of carbonyl (C=O) groups is 3. The Labute approximate surface area is 221 Å². The second-order valence-corrected chi connectivity index (χ2v) is 9.69. The first-order chi connectivity index (χ1) is 18.2. The number of anilines is 2. The quantitative estimate of drug-likeness (QED) is 0.355.